The molecule has 0 unspecified atom stereocenters. The maximum atomic E-state index is 14.5. The van der Waals surface area contributed by atoms with Crippen molar-refractivity contribution in [3.8, 4) is 28.2 Å². The Kier molecular flexibility index (Phi) is 5.88. The van der Waals surface area contributed by atoms with E-state index < -0.39 is 11.6 Å². The molecule has 0 radical (unpaired) electrons. The summed E-state index contributed by atoms with van der Waals surface area (Å²) in [5.74, 6) is -0.547. The smallest absolute Gasteiger partial charge is 0.182 e. The summed E-state index contributed by atoms with van der Waals surface area (Å²) in [7, 11) is 0. The van der Waals surface area contributed by atoms with Crippen LogP contribution in [0.25, 0.3) is 39.2 Å². The Balaban J connectivity index is 1.31. The van der Waals surface area contributed by atoms with Crippen LogP contribution in [0.1, 0.15) is 13.8 Å². The van der Waals surface area contributed by atoms with E-state index in [0.717, 1.165) is 54.6 Å². The van der Waals surface area contributed by atoms with Crippen molar-refractivity contribution >= 4 is 16.9 Å². The third-order valence-corrected chi connectivity index (χ3v) is 6.96. The molecule has 1 fully saturated rings. The molecule has 0 spiro atoms. The lowest BCUT2D eigenvalue weighted by atomic mass is 10.1. The van der Waals surface area contributed by atoms with Crippen LogP contribution in [-0.2, 0) is 0 Å². The zero-order valence-electron chi connectivity index (χ0n) is 20.6. The molecule has 5 heterocycles. The van der Waals surface area contributed by atoms with Crippen molar-refractivity contribution in [3.05, 3.63) is 73.0 Å². The second kappa shape index (κ2) is 9.36. The highest BCUT2D eigenvalue weighted by molar-refractivity contribution is 5.94. The van der Waals surface area contributed by atoms with E-state index in [2.05, 4.69) is 49.9 Å². The molecule has 10 heteroatoms. The van der Waals surface area contributed by atoms with Crippen molar-refractivity contribution < 1.29 is 8.78 Å². The maximum absolute atomic E-state index is 14.5. The zero-order chi connectivity index (χ0) is 25.5. The molecular weight excluding hydrogens is 474 g/mol. The quantitative estimate of drug-likeness (QED) is 0.378. The van der Waals surface area contributed by atoms with Crippen LogP contribution < -0.4 is 4.90 Å². The summed E-state index contributed by atoms with van der Waals surface area (Å²) in [6.07, 6.45) is 6.77. The lowest BCUT2D eigenvalue weighted by Crippen LogP contribution is -2.49. The number of anilines is 1. The fourth-order valence-electron chi connectivity index (χ4n) is 4.83. The van der Waals surface area contributed by atoms with Gasteiger partial charge in [-0.1, -0.05) is 6.07 Å². The highest BCUT2D eigenvalue weighted by atomic mass is 19.2. The van der Waals surface area contributed by atoms with Gasteiger partial charge in [0.2, 0.25) is 0 Å². The summed E-state index contributed by atoms with van der Waals surface area (Å²) in [5, 5.41) is 8.93. The summed E-state index contributed by atoms with van der Waals surface area (Å²) in [5.41, 5.74) is 3.19. The number of H-pyrrole nitrogens is 1. The SMILES string of the molecule is CC(C)N1CCN(c2ccc(-c3cnc4[nH]cc(-c5nncn5-c5cccc(F)c5F)c4c3)cn2)CC1. The molecule has 188 valence electrons. The fraction of sp³-hybridized carbons (Fsp3) is 0.259. The summed E-state index contributed by atoms with van der Waals surface area (Å²) < 4.78 is 29.8. The number of aromatic nitrogens is 6. The van der Waals surface area contributed by atoms with Crippen LogP contribution in [-0.4, -0.2) is 66.8 Å². The lowest BCUT2D eigenvalue weighted by molar-refractivity contribution is 0.209. The molecule has 37 heavy (non-hydrogen) atoms. The normalized spacial score (nSPS) is 14.7. The Morgan fingerprint density at radius 3 is 2.51 bits per heavy atom. The molecule has 1 aliphatic rings. The molecule has 0 atom stereocenters. The van der Waals surface area contributed by atoms with E-state index in [1.54, 1.807) is 12.4 Å². The van der Waals surface area contributed by atoms with Crippen molar-refractivity contribution in [1.29, 1.82) is 0 Å². The Bertz CT molecular complexity index is 1550. The van der Waals surface area contributed by atoms with E-state index in [1.165, 1.54) is 23.0 Å². The Morgan fingerprint density at radius 2 is 1.76 bits per heavy atom. The molecule has 0 amide bonds. The van der Waals surface area contributed by atoms with Crippen molar-refractivity contribution in [2.75, 3.05) is 31.1 Å². The number of halogens is 2. The number of fused-ring (bicyclic) bond motifs is 1. The molecular formula is C27H26F2N8. The number of hydrogen-bond donors (Lipinski definition) is 1. The summed E-state index contributed by atoms with van der Waals surface area (Å²) in [6, 6.07) is 10.7. The highest BCUT2D eigenvalue weighted by Crippen LogP contribution is 2.32. The van der Waals surface area contributed by atoms with Gasteiger partial charge < -0.3 is 9.88 Å². The van der Waals surface area contributed by atoms with Crippen molar-refractivity contribution in [1.82, 2.24) is 34.6 Å². The van der Waals surface area contributed by atoms with Gasteiger partial charge in [0.15, 0.2) is 17.5 Å². The zero-order valence-corrected chi connectivity index (χ0v) is 20.6. The minimum Gasteiger partial charge on any atom is -0.354 e. The van der Waals surface area contributed by atoms with Crippen LogP contribution >= 0.6 is 0 Å². The van der Waals surface area contributed by atoms with E-state index >= 15 is 0 Å². The predicted molar refractivity (Wildman–Crippen MR) is 139 cm³/mol. The first-order valence-electron chi connectivity index (χ1n) is 12.3. The molecule has 1 aliphatic heterocycles. The van der Waals surface area contributed by atoms with Crippen LogP contribution in [0, 0.1) is 11.6 Å². The number of nitrogens with one attached hydrogen (secondary N) is 1. The second-order valence-electron chi connectivity index (χ2n) is 9.44. The number of rotatable bonds is 5. The number of benzene rings is 1. The van der Waals surface area contributed by atoms with Gasteiger partial charge in [0, 0.05) is 72.9 Å². The molecule has 1 saturated heterocycles. The van der Waals surface area contributed by atoms with Gasteiger partial charge in [0.05, 0.1) is 5.69 Å². The van der Waals surface area contributed by atoms with Crippen LogP contribution in [0.4, 0.5) is 14.6 Å². The van der Waals surface area contributed by atoms with Crippen LogP contribution in [0.15, 0.2) is 61.3 Å². The highest BCUT2D eigenvalue weighted by Gasteiger charge is 2.21. The Hall–Kier alpha value is -4.18. The van der Waals surface area contributed by atoms with Gasteiger partial charge in [-0.2, -0.15) is 0 Å². The van der Waals surface area contributed by atoms with Gasteiger partial charge >= 0.3 is 0 Å². The van der Waals surface area contributed by atoms with E-state index in [9.17, 15) is 8.78 Å². The molecule has 6 rings (SSSR count). The van der Waals surface area contributed by atoms with Crippen LogP contribution in [0.5, 0.6) is 0 Å². The predicted octanol–water partition coefficient (Wildman–Crippen LogP) is 4.68. The summed E-state index contributed by atoms with van der Waals surface area (Å²) in [6.45, 7) is 8.43. The first-order valence-corrected chi connectivity index (χ1v) is 12.3. The molecule has 0 bridgehead atoms. The topological polar surface area (TPSA) is 78.8 Å². The number of pyridine rings is 2. The number of nitrogens with zero attached hydrogens (tertiary/aromatic N) is 7. The van der Waals surface area contributed by atoms with Crippen molar-refractivity contribution in [2.24, 2.45) is 0 Å². The van der Waals surface area contributed by atoms with Gasteiger partial charge in [-0.15, -0.1) is 10.2 Å². The molecule has 1 aromatic carbocycles. The third-order valence-electron chi connectivity index (χ3n) is 6.96. The van der Waals surface area contributed by atoms with Gasteiger partial charge in [-0.3, -0.25) is 9.47 Å². The fourth-order valence-corrected chi connectivity index (χ4v) is 4.83. The monoisotopic (exact) mass is 500 g/mol. The van der Waals surface area contributed by atoms with Gasteiger partial charge in [-0.25, -0.2) is 18.7 Å². The minimum absolute atomic E-state index is 0.0347. The molecule has 8 nitrogen and oxygen atoms in total. The van der Waals surface area contributed by atoms with E-state index in [-0.39, 0.29) is 5.69 Å². The van der Waals surface area contributed by atoms with Crippen LogP contribution in [0.3, 0.4) is 0 Å². The minimum atomic E-state index is -0.959. The Labute approximate surface area is 212 Å². The van der Waals surface area contributed by atoms with Gasteiger partial charge in [0.25, 0.3) is 0 Å². The first kappa shape index (κ1) is 23.2. The standard InChI is InChI=1S/C27H26F2N8/c1-17(2)35-8-10-36(11-9-35)24-7-6-18(13-30-24)19-12-20-21(15-32-26(20)31-14-19)27-34-33-16-37(27)23-5-3-4-22(28)25(23)29/h3-7,12-17H,8-11H2,1-2H3,(H,31,32). The lowest BCUT2D eigenvalue weighted by Gasteiger charge is -2.37. The largest absolute Gasteiger partial charge is 0.354 e. The molecule has 0 saturated carbocycles. The number of piperazine rings is 1. The van der Waals surface area contributed by atoms with Gasteiger partial charge in [-0.05, 0) is 44.2 Å². The number of hydrogen-bond acceptors (Lipinski definition) is 6. The molecule has 5 aromatic rings. The average molecular weight is 501 g/mol. The third kappa shape index (κ3) is 4.23. The summed E-state index contributed by atoms with van der Waals surface area (Å²) >= 11 is 0. The first-order chi connectivity index (χ1) is 18.0. The summed E-state index contributed by atoms with van der Waals surface area (Å²) in [4.78, 5) is 17.2. The van der Waals surface area contributed by atoms with E-state index in [0.29, 0.717) is 23.1 Å². The second-order valence-corrected chi connectivity index (χ2v) is 9.44. The maximum Gasteiger partial charge on any atom is 0.182 e. The van der Waals surface area contributed by atoms with Crippen molar-refractivity contribution in [2.45, 2.75) is 19.9 Å². The molecule has 4 aromatic heterocycles. The number of aromatic amines is 1. The molecule has 1 N–H and O–H groups in total. The average Bonchev–Trinajstić information content (AvgIpc) is 3.57. The van der Waals surface area contributed by atoms with E-state index in [1.807, 2.05) is 18.3 Å². The van der Waals surface area contributed by atoms with Crippen molar-refractivity contribution in [3.63, 3.8) is 0 Å². The van der Waals surface area contributed by atoms with Crippen LogP contribution in [0.2, 0.25) is 0 Å². The van der Waals surface area contributed by atoms with Gasteiger partial charge in [0.1, 0.15) is 17.8 Å². The Morgan fingerprint density at radius 1 is 0.946 bits per heavy atom. The molecule has 0 aliphatic carbocycles. The van der Waals surface area contributed by atoms with E-state index in [4.69, 9.17) is 4.98 Å².